The third-order valence-corrected chi connectivity index (χ3v) is 4.38. The summed E-state index contributed by atoms with van der Waals surface area (Å²) in [4.78, 5) is 34.3. The lowest BCUT2D eigenvalue weighted by Gasteiger charge is -2.08. The summed E-state index contributed by atoms with van der Waals surface area (Å²) < 4.78 is 10.0. The molecule has 27 heavy (non-hydrogen) atoms. The fourth-order valence-corrected chi connectivity index (χ4v) is 2.72. The quantitative estimate of drug-likeness (QED) is 0.303. The second-order valence-electron chi connectivity index (χ2n) is 5.33. The van der Waals surface area contributed by atoms with Crippen molar-refractivity contribution in [3.63, 3.8) is 0 Å². The van der Waals surface area contributed by atoms with Crippen molar-refractivity contribution in [3.8, 4) is 5.75 Å². The number of hydrogen-bond acceptors (Lipinski definition) is 7. The van der Waals surface area contributed by atoms with Crippen molar-refractivity contribution in [2.75, 3.05) is 19.5 Å². The summed E-state index contributed by atoms with van der Waals surface area (Å²) in [5.41, 5.74) is 0.845. The smallest absolute Gasteiger partial charge is 0.316 e. The Balaban J connectivity index is 1.68. The molecule has 0 spiro atoms. The Morgan fingerprint density at radius 1 is 1.19 bits per heavy atom. The summed E-state index contributed by atoms with van der Waals surface area (Å²) in [6.45, 7) is -0.0747. The predicted molar refractivity (Wildman–Crippen MR) is 99.6 cm³/mol. The molecule has 0 bridgehead atoms. The van der Waals surface area contributed by atoms with Gasteiger partial charge in [-0.05, 0) is 29.8 Å². The first-order valence-corrected chi connectivity index (χ1v) is 8.89. The van der Waals surface area contributed by atoms with Crippen molar-refractivity contribution in [2.45, 2.75) is 11.4 Å². The Morgan fingerprint density at radius 2 is 1.93 bits per heavy atom. The number of nitro benzene ring substituents is 1. The van der Waals surface area contributed by atoms with E-state index in [-0.39, 0.29) is 18.0 Å². The minimum Gasteiger partial charge on any atom is -0.497 e. The highest BCUT2D eigenvalue weighted by molar-refractivity contribution is 8.00. The molecular formula is C18H18N2O6S. The number of nitro groups is 1. The van der Waals surface area contributed by atoms with E-state index >= 15 is 0 Å². The first kappa shape index (κ1) is 20.2. The second kappa shape index (κ2) is 10.2. The van der Waals surface area contributed by atoms with Crippen molar-refractivity contribution in [3.05, 3.63) is 64.2 Å². The Labute approximate surface area is 160 Å². The molecule has 8 nitrogen and oxygen atoms in total. The van der Waals surface area contributed by atoms with Gasteiger partial charge in [0.25, 0.3) is 11.6 Å². The molecule has 2 rings (SSSR count). The number of carbonyl (C=O) groups is 2. The molecule has 1 amide bonds. The standard InChI is InChI=1S/C18H18N2O6S/c1-25-15-4-2-3-13(9-15)10-19-17(21)11-26-18(22)12-27-16-7-5-14(6-8-16)20(23)24/h2-9H,10-12H2,1H3,(H,19,21). The first-order valence-electron chi connectivity index (χ1n) is 7.90. The molecule has 0 atom stereocenters. The summed E-state index contributed by atoms with van der Waals surface area (Å²) in [6.07, 6.45) is 0. The Hall–Kier alpha value is -3.07. The third-order valence-electron chi connectivity index (χ3n) is 3.39. The zero-order valence-electron chi connectivity index (χ0n) is 14.5. The van der Waals surface area contributed by atoms with Crippen LogP contribution in [0.1, 0.15) is 5.56 Å². The van der Waals surface area contributed by atoms with E-state index in [0.717, 1.165) is 5.56 Å². The highest BCUT2D eigenvalue weighted by Crippen LogP contribution is 2.21. The van der Waals surface area contributed by atoms with Crippen LogP contribution in [0.5, 0.6) is 5.75 Å². The van der Waals surface area contributed by atoms with Crippen molar-refractivity contribution in [1.29, 1.82) is 0 Å². The number of hydrogen-bond donors (Lipinski definition) is 1. The highest BCUT2D eigenvalue weighted by Gasteiger charge is 2.10. The van der Waals surface area contributed by atoms with Crippen LogP contribution in [0.15, 0.2) is 53.4 Å². The average Bonchev–Trinajstić information content (AvgIpc) is 2.69. The van der Waals surface area contributed by atoms with Crippen LogP contribution in [0.25, 0.3) is 0 Å². The average molecular weight is 390 g/mol. The molecule has 0 heterocycles. The number of benzene rings is 2. The van der Waals surface area contributed by atoms with E-state index < -0.39 is 16.8 Å². The number of non-ortho nitro benzene ring substituents is 1. The van der Waals surface area contributed by atoms with Gasteiger partial charge in [-0.3, -0.25) is 19.7 Å². The van der Waals surface area contributed by atoms with Gasteiger partial charge in [0.05, 0.1) is 17.8 Å². The molecule has 0 fully saturated rings. The number of esters is 1. The molecule has 0 saturated heterocycles. The molecule has 0 aliphatic rings. The zero-order valence-corrected chi connectivity index (χ0v) is 15.4. The number of nitrogens with one attached hydrogen (secondary N) is 1. The van der Waals surface area contributed by atoms with E-state index in [0.29, 0.717) is 17.2 Å². The van der Waals surface area contributed by atoms with Crippen LogP contribution >= 0.6 is 11.8 Å². The van der Waals surface area contributed by atoms with Crippen molar-refractivity contribution in [2.24, 2.45) is 0 Å². The van der Waals surface area contributed by atoms with Gasteiger partial charge in [-0.15, -0.1) is 11.8 Å². The molecule has 2 aromatic carbocycles. The normalized spacial score (nSPS) is 10.1. The van der Waals surface area contributed by atoms with E-state index in [1.807, 2.05) is 12.1 Å². The number of rotatable bonds is 9. The topological polar surface area (TPSA) is 108 Å². The fourth-order valence-electron chi connectivity index (χ4n) is 2.03. The van der Waals surface area contributed by atoms with Gasteiger partial charge in [-0.25, -0.2) is 0 Å². The van der Waals surface area contributed by atoms with Crippen molar-refractivity contribution in [1.82, 2.24) is 5.32 Å². The van der Waals surface area contributed by atoms with Crippen LogP contribution in [0.2, 0.25) is 0 Å². The van der Waals surface area contributed by atoms with Crippen LogP contribution in [0.3, 0.4) is 0 Å². The lowest BCUT2D eigenvalue weighted by molar-refractivity contribution is -0.384. The van der Waals surface area contributed by atoms with Crippen molar-refractivity contribution >= 4 is 29.3 Å². The SMILES string of the molecule is COc1cccc(CNC(=O)COC(=O)CSc2ccc([N+](=O)[O-])cc2)c1. The van der Waals surface area contributed by atoms with Crippen LogP contribution in [0, 0.1) is 10.1 Å². The summed E-state index contributed by atoms with van der Waals surface area (Å²) in [6, 6.07) is 13.1. The van der Waals surface area contributed by atoms with Crippen molar-refractivity contribution < 1.29 is 24.0 Å². The summed E-state index contributed by atoms with van der Waals surface area (Å²) in [7, 11) is 1.56. The largest absolute Gasteiger partial charge is 0.497 e. The molecule has 9 heteroatoms. The molecule has 1 N–H and O–H groups in total. The fraction of sp³-hybridized carbons (Fsp3) is 0.222. The molecule has 2 aromatic rings. The lowest BCUT2D eigenvalue weighted by atomic mass is 10.2. The van der Waals surface area contributed by atoms with E-state index in [2.05, 4.69) is 5.32 Å². The number of amides is 1. The molecule has 0 aromatic heterocycles. The molecule has 0 saturated carbocycles. The van der Waals surface area contributed by atoms with Gasteiger partial charge in [-0.2, -0.15) is 0 Å². The zero-order chi connectivity index (χ0) is 19.6. The summed E-state index contributed by atoms with van der Waals surface area (Å²) in [5.74, 6) is -0.265. The first-order chi connectivity index (χ1) is 13.0. The number of carbonyl (C=O) groups excluding carboxylic acids is 2. The number of methoxy groups -OCH3 is 1. The minimum absolute atomic E-state index is 0.000967. The molecule has 0 aliphatic heterocycles. The van der Waals surface area contributed by atoms with Gasteiger partial charge in [0.2, 0.25) is 0 Å². The van der Waals surface area contributed by atoms with Gasteiger partial charge >= 0.3 is 5.97 Å². The minimum atomic E-state index is -0.546. The Kier molecular flexibility index (Phi) is 7.63. The second-order valence-corrected chi connectivity index (χ2v) is 6.38. The maximum absolute atomic E-state index is 11.8. The van der Waals surface area contributed by atoms with E-state index in [1.165, 1.54) is 23.9 Å². The lowest BCUT2D eigenvalue weighted by Crippen LogP contribution is -2.28. The highest BCUT2D eigenvalue weighted by atomic mass is 32.2. The molecule has 0 radical (unpaired) electrons. The van der Waals surface area contributed by atoms with Crippen LogP contribution in [0.4, 0.5) is 5.69 Å². The third kappa shape index (κ3) is 6.98. The monoisotopic (exact) mass is 390 g/mol. The van der Waals surface area contributed by atoms with Crippen LogP contribution in [-0.4, -0.2) is 36.3 Å². The predicted octanol–water partition coefficient (Wildman–Crippen LogP) is 2.56. The van der Waals surface area contributed by atoms with Gasteiger partial charge in [-0.1, -0.05) is 12.1 Å². The number of nitrogens with zero attached hydrogens (tertiary/aromatic N) is 1. The maximum Gasteiger partial charge on any atom is 0.316 e. The Morgan fingerprint density at radius 3 is 2.59 bits per heavy atom. The van der Waals surface area contributed by atoms with Crippen LogP contribution < -0.4 is 10.1 Å². The number of ether oxygens (including phenoxy) is 2. The maximum atomic E-state index is 11.8. The van der Waals surface area contributed by atoms with Gasteiger partial charge in [0.15, 0.2) is 6.61 Å². The van der Waals surface area contributed by atoms with E-state index in [9.17, 15) is 19.7 Å². The van der Waals surface area contributed by atoms with Gasteiger partial charge < -0.3 is 14.8 Å². The van der Waals surface area contributed by atoms with Gasteiger partial charge in [0, 0.05) is 23.6 Å². The molecule has 0 unspecified atom stereocenters. The molecule has 142 valence electrons. The molecule has 0 aliphatic carbocycles. The molecular weight excluding hydrogens is 372 g/mol. The number of thioether (sulfide) groups is 1. The van der Waals surface area contributed by atoms with Gasteiger partial charge in [0.1, 0.15) is 5.75 Å². The van der Waals surface area contributed by atoms with Crippen LogP contribution in [-0.2, 0) is 20.9 Å². The summed E-state index contributed by atoms with van der Waals surface area (Å²) >= 11 is 1.17. The van der Waals surface area contributed by atoms with E-state index in [1.54, 1.807) is 31.4 Å². The Bertz CT molecular complexity index is 810. The summed E-state index contributed by atoms with van der Waals surface area (Å²) in [5, 5.41) is 13.2. The van der Waals surface area contributed by atoms with E-state index in [4.69, 9.17) is 9.47 Å².